The lowest BCUT2D eigenvalue weighted by Crippen LogP contribution is -2.29. The number of unbranched alkanes of at least 4 members (excludes halogenated alkanes) is 1. The molecule has 0 saturated carbocycles. The molecule has 0 heterocycles. The fourth-order valence-electron chi connectivity index (χ4n) is 2.70. The molecule has 0 bridgehead atoms. The third kappa shape index (κ3) is 3.41. The van der Waals surface area contributed by atoms with Crippen LogP contribution in [0.2, 0.25) is 0 Å². The number of nitrogens with zero attached hydrogens (tertiary/aromatic N) is 2. The highest BCUT2D eigenvalue weighted by Gasteiger charge is 2.27. The minimum Gasteiger partial charge on any atom is -0.342 e. The molecule has 0 radical (unpaired) electrons. The van der Waals surface area contributed by atoms with Gasteiger partial charge < -0.3 is 4.90 Å². The number of sulfone groups is 1. The molecular weight excluding hydrogens is 324 g/mol. The summed E-state index contributed by atoms with van der Waals surface area (Å²) in [6.45, 7) is 2.55. The van der Waals surface area contributed by atoms with Crippen molar-refractivity contribution in [3.8, 4) is 6.07 Å². The normalized spacial score (nSPS) is 11.2. The van der Waals surface area contributed by atoms with Crippen LogP contribution in [-0.4, -0.2) is 39.1 Å². The van der Waals surface area contributed by atoms with E-state index in [0.29, 0.717) is 17.3 Å². The monoisotopic (exact) mass is 344 g/mol. The molecule has 0 N–H and O–H groups in total. The summed E-state index contributed by atoms with van der Waals surface area (Å²) >= 11 is 0. The summed E-state index contributed by atoms with van der Waals surface area (Å²) in [4.78, 5) is 14.3. The molecular formula is C18H20N2O3S. The minimum absolute atomic E-state index is 0.00319. The summed E-state index contributed by atoms with van der Waals surface area (Å²) in [6, 6.07) is 10.5. The first kappa shape index (κ1) is 18.0. The van der Waals surface area contributed by atoms with Gasteiger partial charge in [0.15, 0.2) is 9.84 Å². The van der Waals surface area contributed by atoms with Crippen LogP contribution in [0.25, 0.3) is 10.8 Å². The van der Waals surface area contributed by atoms with E-state index < -0.39 is 9.84 Å². The van der Waals surface area contributed by atoms with Gasteiger partial charge in [0.2, 0.25) is 0 Å². The van der Waals surface area contributed by atoms with Crippen molar-refractivity contribution in [2.75, 3.05) is 19.8 Å². The molecule has 1 amide bonds. The summed E-state index contributed by atoms with van der Waals surface area (Å²) in [5.41, 5.74) is 0.0918. The summed E-state index contributed by atoms with van der Waals surface area (Å²) in [6.07, 6.45) is 2.78. The van der Waals surface area contributed by atoms with Gasteiger partial charge in [0, 0.05) is 19.8 Å². The van der Waals surface area contributed by atoms with Crippen LogP contribution in [0.3, 0.4) is 0 Å². The van der Waals surface area contributed by atoms with Gasteiger partial charge in [-0.25, -0.2) is 8.42 Å². The van der Waals surface area contributed by atoms with Crippen LogP contribution in [0.15, 0.2) is 35.2 Å². The summed E-state index contributed by atoms with van der Waals surface area (Å²) in [5, 5.41) is 10.6. The van der Waals surface area contributed by atoms with E-state index in [2.05, 4.69) is 0 Å². The molecule has 2 rings (SSSR count). The van der Waals surface area contributed by atoms with Gasteiger partial charge >= 0.3 is 0 Å². The lowest BCUT2D eigenvalue weighted by Gasteiger charge is -2.20. The molecule has 6 heteroatoms. The number of carbonyl (C=O) groups is 1. The van der Waals surface area contributed by atoms with Crippen molar-refractivity contribution in [3.63, 3.8) is 0 Å². The quantitative estimate of drug-likeness (QED) is 0.835. The standard InChI is InChI=1S/C18H20N2O3S/c1-4-5-10-20(2)18(21)16-15-9-7-6-8-13(15)11-14(12-19)17(16)24(3,22)23/h6-9,11H,4-5,10H2,1-3H3. The highest BCUT2D eigenvalue weighted by Crippen LogP contribution is 2.30. The highest BCUT2D eigenvalue weighted by atomic mass is 32.2. The van der Waals surface area contributed by atoms with E-state index in [0.717, 1.165) is 19.1 Å². The molecule has 0 fully saturated rings. The van der Waals surface area contributed by atoms with E-state index in [-0.39, 0.29) is 21.9 Å². The summed E-state index contributed by atoms with van der Waals surface area (Å²) < 4.78 is 24.6. The molecule has 2 aromatic rings. The van der Waals surface area contributed by atoms with Gasteiger partial charge in [-0.3, -0.25) is 4.79 Å². The maximum absolute atomic E-state index is 13.0. The third-order valence-corrected chi connectivity index (χ3v) is 5.07. The molecule has 126 valence electrons. The predicted molar refractivity (Wildman–Crippen MR) is 93.6 cm³/mol. The van der Waals surface area contributed by atoms with E-state index in [4.69, 9.17) is 0 Å². The second kappa shape index (κ2) is 7.02. The summed E-state index contributed by atoms with van der Waals surface area (Å²) in [5.74, 6) is -0.378. The number of fused-ring (bicyclic) bond motifs is 1. The zero-order valence-corrected chi connectivity index (χ0v) is 14.9. The average molecular weight is 344 g/mol. The number of amides is 1. The Bertz CT molecular complexity index is 927. The maximum Gasteiger partial charge on any atom is 0.255 e. The third-order valence-electron chi connectivity index (χ3n) is 3.90. The Morgan fingerprint density at radius 1 is 1.29 bits per heavy atom. The first-order chi connectivity index (χ1) is 11.3. The van der Waals surface area contributed by atoms with E-state index >= 15 is 0 Å². The van der Waals surface area contributed by atoms with E-state index in [1.807, 2.05) is 13.0 Å². The number of nitriles is 1. The van der Waals surface area contributed by atoms with Gasteiger partial charge in [-0.05, 0) is 23.3 Å². The molecule has 0 aliphatic rings. The second-order valence-corrected chi connectivity index (χ2v) is 7.77. The fourth-order valence-corrected chi connectivity index (χ4v) is 3.77. The van der Waals surface area contributed by atoms with Crippen molar-refractivity contribution in [1.29, 1.82) is 5.26 Å². The van der Waals surface area contributed by atoms with Crippen LogP contribution in [0.5, 0.6) is 0 Å². The predicted octanol–water partition coefficient (Wildman–Crippen LogP) is 2.99. The highest BCUT2D eigenvalue weighted by molar-refractivity contribution is 7.90. The molecule has 5 nitrogen and oxygen atoms in total. The Morgan fingerprint density at radius 2 is 1.96 bits per heavy atom. The molecule has 0 unspecified atom stereocenters. The van der Waals surface area contributed by atoms with Crippen LogP contribution in [-0.2, 0) is 9.84 Å². The van der Waals surface area contributed by atoms with Crippen molar-refractivity contribution in [2.45, 2.75) is 24.7 Å². The Hall–Kier alpha value is -2.39. The Balaban J connectivity index is 2.83. The Labute approximate surface area is 142 Å². The lowest BCUT2D eigenvalue weighted by atomic mass is 10.00. The zero-order chi connectivity index (χ0) is 17.9. The minimum atomic E-state index is -3.74. The van der Waals surface area contributed by atoms with Crippen molar-refractivity contribution in [3.05, 3.63) is 41.5 Å². The number of benzene rings is 2. The van der Waals surface area contributed by atoms with Crippen LogP contribution in [0, 0.1) is 11.3 Å². The van der Waals surface area contributed by atoms with E-state index in [1.54, 1.807) is 31.3 Å². The molecule has 0 spiro atoms. The van der Waals surface area contributed by atoms with Gasteiger partial charge in [0.1, 0.15) is 6.07 Å². The SMILES string of the molecule is CCCCN(C)C(=O)c1c(S(C)(=O)=O)c(C#N)cc2ccccc12. The molecule has 0 atom stereocenters. The summed E-state index contributed by atoms with van der Waals surface area (Å²) in [7, 11) is -2.09. The Morgan fingerprint density at radius 3 is 2.54 bits per heavy atom. The average Bonchev–Trinajstić information content (AvgIpc) is 2.56. The molecule has 24 heavy (non-hydrogen) atoms. The second-order valence-electron chi connectivity index (χ2n) is 5.81. The van der Waals surface area contributed by atoms with E-state index in [1.165, 1.54) is 11.0 Å². The Kier molecular flexibility index (Phi) is 5.25. The number of rotatable bonds is 5. The van der Waals surface area contributed by atoms with Gasteiger partial charge in [-0.2, -0.15) is 5.26 Å². The van der Waals surface area contributed by atoms with E-state index in [9.17, 15) is 18.5 Å². The van der Waals surface area contributed by atoms with Crippen molar-refractivity contribution >= 4 is 26.5 Å². The molecule has 0 aromatic heterocycles. The number of hydrogen-bond donors (Lipinski definition) is 0. The van der Waals surface area contributed by atoms with Crippen LogP contribution < -0.4 is 0 Å². The van der Waals surface area contributed by atoms with Gasteiger partial charge in [0.25, 0.3) is 5.91 Å². The molecule has 0 saturated heterocycles. The topological polar surface area (TPSA) is 78.2 Å². The maximum atomic E-state index is 13.0. The van der Waals surface area contributed by atoms with Crippen molar-refractivity contribution in [1.82, 2.24) is 4.90 Å². The van der Waals surface area contributed by atoms with Gasteiger partial charge in [-0.1, -0.05) is 37.6 Å². The largest absolute Gasteiger partial charge is 0.342 e. The van der Waals surface area contributed by atoms with Crippen LogP contribution in [0.4, 0.5) is 0 Å². The molecule has 0 aliphatic heterocycles. The lowest BCUT2D eigenvalue weighted by molar-refractivity contribution is 0.0791. The zero-order valence-electron chi connectivity index (χ0n) is 14.0. The first-order valence-corrected chi connectivity index (χ1v) is 9.61. The van der Waals surface area contributed by atoms with Crippen LogP contribution >= 0.6 is 0 Å². The number of carbonyl (C=O) groups excluding carboxylic acids is 1. The molecule has 0 aliphatic carbocycles. The van der Waals surface area contributed by atoms with Crippen LogP contribution in [0.1, 0.15) is 35.7 Å². The first-order valence-electron chi connectivity index (χ1n) is 7.72. The fraction of sp³-hybridized carbons (Fsp3) is 0.333. The van der Waals surface area contributed by atoms with Crippen molar-refractivity contribution in [2.24, 2.45) is 0 Å². The van der Waals surface area contributed by atoms with Crippen molar-refractivity contribution < 1.29 is 13.2 Å². The van der Waals surface area contributed by atoms with Gasteiger partial charge in [0.05, 0.1) is 16.0 Å². The smallest absolute Gasteiger partial charge is 0.255 e. The molecule has 2 aromatic carbocycles. The van der Waals surface area contributed by atoms with Gasteiger partial charge in [-0.15, -0.1) is 0 Å². The number of hydrogen-bond acceptors (Lipinski definition) is 4.